The molecule has 3 heterocycles. The Morgan fingerprint density at radius 1 is 1.14 bits per heavy atom. The molecule has 0 radical (unpaired) electrons. The van der Waals surface area contributed by atoms with E-state index in [-0.39, 0.29) is 11.6 Å². The molecule has 0 unspecified atom stereocenters. The first-order chi connectivity index (χ1) is 13.7. The number of carbonyl (C=O) groups is 1. The highest BCUT2D eigenvalue weighted by Crippen LogP contribution is 2.42. The number of Topliss-reactive ketones (excluding diaryl/α,β-unsaturated/α-hetero) is 1. The molecule has 1 aromatic heterocycles. The van der Waals surface area contributed by atoms with E-state index in [1.807, 2.05) is 23.6 Å². The molecule has 0 saturated heterocycles. The van der Waals surface area contributed by atoms with Gasteiger partial charge in [0.25, 0.3) is 0 Å². The van der Waals surface area contributed by atoms with Gasteiger partial charge in [-0.25, -0.2) is 4.39 Å². The number of hydrogen-bond acceptors (Lipinski definition) is 5. The van der Waals surface area contributed by atoms with Gasteiger partial charge in [-0.3, -0.25) is 9.69 Å². The molecule has 2 aliphatic rings. The molecule has 0 N–H and O–H groups in total. The molecule has 28 heavy (non-hydrogen) atoms. The van der Waals surface area contributed by atoms with E-state index >= 15 is 0 Å². The Morgan fingerprint density at radius 3 is 2.79 bits per heavy atom. The third kappa shape index (κ3) is 3.10. The van der Waals surface area contributed by atoms with Crippen molar-refractivity contribution >= 4 is 23.2 Å². The van der Waals surface area contributed by atoms with E-state index in [2.05, 4.69) is 4.90 Å². The molecule has 3 aromatic rings. The number of allylic oxidation sites excluding steroid dienone is 1. The van der Waals surface area contributed by atoms with E-state index in [1.165, 1.54) is 12.1 Å². The molecule has 6 heteroatoms. The standard InChI is InChI=1S/C22H16FNO3S/c23-15-5-3-14(4-6-15)11-24-12-18-19(26-13-24)8-7-17-21(25)20(27-22(17)18)10-16-2-1-9-28-16/h1-10H,11-13H2/b20-10-. The van der Waals surface area contributed by atoms with Crippen LogP contribution in [0.15, 0.2) is 59.7 Å². The second kappa shape index (κ2) is 6.89. The molecule has 0 spiro atoms. The van der Waals surface area contributed by atoms with Crippen molar-refractivity contribution in [3.63, 3.8) is 0 Å². The summed E-state index contributed by atoms with van der Waals surface area (Å²) in [5.74, 6) is 1.29. The highest BCUT2D eigenvalue weighted by molar-refractivity contribution is 7.10. The average Bonchev–Trinajstić information content (AvgIpc) is 3.33. The maximum absolute atomic E-state index is 13.1. The van der Waals surface area contributed by atoms with Gasteiger partial charge < -0.3 is 9.47 Å². The van der Waals surface area contributed by atoms with Gasteiger partial charge in [-0.1, -0.05) is 18.2 Å². The topological polar surface area (TPSA) is 38.8 Å². The number of ketones is 1. The van der Waals surface area contributed by atoms with Gasteiger partial charge in [-0.15, -0.1) is 11.3 Å². The molecule has 4 nitrogen and oxygen atoms in total. The second-order valence-corrected chi connectivity index (χ2v) is 7.74. The quantitative estimate of drug-likeness (QED) is 0.596. The lowest BCUT2D eigenvalue weighted by Gasteiger charge is -2.29. The fraction of sp³-hybridized carbons (Fsp3) is 0.136. The summed E-state index contributed by atoms with van der Waals surface area (Å²) in [7, 11) is 0. The van der Waals surface area contributed by atoms with Crippen molar-refractivity contribution < 1.29 is 18.7 Å². The molecule has 0 fully saturated rings. The van der Waals surface area contributed by atoms with Crippen LogP contribution in [0.5, 0.6) is 11.5 Å². The van der Waals surface area contributed by atoms with Crippen LogP contribution in [0, 0.1) is 5.82 Å². The first kappa shape index (κ1) is 17.2. The monoisotopic (exact) mass is 393 g/mol. The summed E-state index contributed by atoms with van der Waals surface area (Å²) in [6, 6.07) is 13.9. The molecule has 0 amide bonds. The van der Waals surface area contributed by atoms with Crippen LogP contribution in [-0.2, 0) is 13.1 Å². The van der Waals surface area contributed by atoms with Crippen LogP contribution >= 0.6 is 11.3 Å². The fourth-order valence-corrected chi connectivity index (χ4v) is 4.10. The summed E-state index contributed by atoms with van der Waals surface area (Å²) in [4.78, 5) is 15.8. The minimum atomic E-state index is -0.251. The Kier molecular flexibility index (Phi) is 4.22. The maximum atomic E-state index is 13.1. The number of rotatable bonds is 3. The van der Waals surface area contributed by atoms with E-state index in [9.17, 15) is 9.18 Å². The Bertz CT molecular complexity index is 1070. The van der Waals surface area contributed by atoms with Crippen molar-refractivity contribution in [3.05, 3.63) is 87.1 Å². The minimum absolute atomic E-state index is 0.109. The first-order valence-electron chi connectivity index (χ1n) is 8.90. The van der Waals surface area contributed by atoms with Crippen molar-refractivity contribution in [1.82, 2.24) is 4.90 Å². The zero-order chi connectivity index (χ0) is 19.1. The third-order valence-corrected chi connectivity index (χ3v) is 5.64. The number of benzene rings is 2. The van der Waals surface area contributed by atoms with E-state index < -0.39 is 0 Å². The molecule has 2 aliphatic heterocycles. The van der Waals surface area contributed by atoms with Gasteiger partial charge >= 0.3 is 0 Å². The Hall–Kier alpha value is -2.96. The number of fused-ring (bicyclic) bond motifs is 3. The number of thiophene rings is 1. The number of nitrogens with zero attached hydrogens (tertiary/aromatic N) is 1. The highest BCUT2D eigenvalue weighted by atomic mass is 32.1. The lowest BCUT2D eigenvalue weighted by Crippen LogP contribution is -2.31. The summed E-state index contributed by atoms with van der Waals surface area (Å²) in [5.41, 5.74) is 2.43. The predicted molar refractivity (Wildman–Crippen MR) is 105 cm³/mol. The molecule has 0 saturated carbocycles. The van der Waals surface area contributed by atoms with Crippen LogP contribution in [0.2, 0.25) is 0 Å². The van der Waals surface area contributed by atoms with Crippen LogP contribution in [0.25, 0.3) is 6.08 Å². The highest BCUT2D eigenvalue weighted by Gasteiger charge is 2.33. The lowest BCUT2D eigenvalue weighted by molar-refractivity contribution is 0.0872. The lowest BCUT2D eigenvalue weighted by atomic mass is 10.0. The van der Waals surface area contributed by atoms with E-state index in [4.69, 9.17) is 9.47 Å². The van der Waals surface area contributed by atoms with Crippen molar-refractivity contribution in [2.75, 3.05) is 6.73 Å². The van der Waals surface area contributed by atoms with Crippen molar-refractivity contribution in [3.8, 4) is 11.5 Å². The molecule has 0 atom stereocenters. The summed E-state index contributed by atoms with van der Waals surface area (Å²) < 4.78 is 25.0. The number of hydrogen-bond donors (Lipinski definition) is 0. The Labute approximate surface area is 165 Å². The van der Waals surface area contributed by atoms with Crippen molar-refractivity contribution in [1.29, 1.82) is 0 Å². The Morgan fingerprint density at radius 2 is 2.00 bits per heavy atom. The van der Waals surface area contributed by atoms with Crippen LogP contribution in [-0.4, -0.2) is 17.4 Å². The van der Waals surface area contributed by atoms with Gasteiger partial charge in [-0.05, 0) is 41.3 Å². The molecule has 0 bridgehead atoms. The van der Waals surface area contributed by atoms with Gasteiger partial charge in [0.2, 0.25) is 5.78 Å². The molecule has 140 valence electrons. The Balaban J connectivity index is 1.42. The smallest absolute Gasteiger partial charge is 0.232 e. The van der Waals surface area contributed by atoms with Gasteiger partial charge in [0.05, 0.1) is 11.1 Å². The summed E-state index contributed by atoms with van der Waals surface area (Å²) >= 11 is 1.55. The van der Waals surface area contributed by atoms with Crippen LogP contribution in [0.3, 0.4) is 0 Å². The zero-order valence-electron chi connectivity index (χ0n) is 14.9. The average molecular weight is 393 g/mol. The maximum Gasteiger partial charge on any atom is 0.232 e. The summed E-state index contributed by atoms with van der Waals surface area (Å²) in [5, 5.41) is 1.96. The number of carbonyl (C=O) groups excluding carboxylic acids is 1. The SMILES string of the molecule is O=C1/C(=C/c2cccs2)Oc2c1ccc1c2CN(Cc2ccc(F)cc2)CO1. The largest absolute Gasteiger partial charge is 0.478 e. The van der Waals surface area contributed by atoms with Crippen LogP contribution in [0.4, 0.5) is 4.39 Å². The normalized spacial score (nSPS) is 17.2. The molecular formula is C22H16FNO3S. The number of halogens is 1. The molecule has 0 aliphatic carbocycles. The van der Waals surface area contributed by atoms with Gasteiger partial charge in [-0.2, -0.15) is 0 Å². The summed E-state index contributed by atoms with van der Waals surface area (Å²) in [6.45, 7) is 1.64. The van der Waals surface area contributed by atoms with Crippen molar-refractivity contribution in [2.24, 2.45) is 0 Å². The molecular weight excluding hydrogens is 377 g/mol. The van der Waals surface area contributed by atoms with Crippen LogP contribution in [0.1, 0.15) is 26.4 Å². The third-order valence-electron chi connectivity index (χ3n) is 4.82. The summed E-state index contributed by atoms with van der Waals surface area (Å²) in [6.07, 6.45) is 1.78. The van der Waals surface area contributed by atoms with Crippen LogP contribution < -0.4 is 9.47 Å². The second-order valence-electron chi connectivity index (χ2n) is 6.76. The minimum Gasteiger partial charge on any atom is -0.478 e. The predicted octanol–water partition coefficient (Wildman–Crippen LogP) is 4.86. The van der Waals surface area contributed by atoms with E-state index in [0.717, 1.165) is 21.8 Å². The molecule has 5 rings (SSSR count). The fourth-order valence-electron chi connectivity index (χ4n) is 3.46. The molecule has 2 aromatic carbocycles. The van der Waals surface area contributed by atoms with Gasteiger partial charge in [0, 0.05) is 24.0 Å². The van der Waals surface area contributed by atoms with E-state index in [0.29, 0.717) is 36.9 Å². The van der Waals surface area contributed by atoms with E-state index in [1.54, 1.807) is 35.6 Å². The zero-order valence-corrected chi connectivity index (χ0v) is 15.7. The van der Waals surface area contributed by atoms with Gasteiger partial charge in [0.15, 0.2) is 5.76 Å². The van der Waals surface area contributed by atoms with Gasteiger partial charge in [0.1, 0.15) is 24.0 Å². The first-order valence-corrected chi connectivity index (χ1v) is 9.78. The van der Waals surface area contributed by atoms with Crippen molar-refractivity contribution in [2.45, 2.75) is 13.1 Å². The number of ether oxygens (including phenoxy) is 2.